The summed E-state index contributed by atoms with van der Waals surface area (Å²) in [7, 11) is 0. The predicted octanol–water partition coefficient (Wildman–Crippen LogP) is 3.47. The monoisotopic (exact) mass is 294 g/mol. The minimum absolute atomic E-state index is 0.208. The molecule has 4 heteroatoms. The molecule has 1 aliphatic rings. The molecule has 0 amide bonds. The number of halogens is 1. The molecule has 110 valence electrons. The van der Waals surface area contributed by atoms with Crippen molar-refractivity contribution < 1.29 is 4.39 Å². The second-order valence-corrected chi connectivity index (χ2v) is 6.28. The average Bonchev–Trinajstić information content (AvgIpc) is 2.85. The molecule has 1 aliphatic heterocycles. The van der Waals surface area contributed by atoms with Crippen molar-refractivity contribution in [1.82, 2.24) is 4.90 Å². The van der Waals surface area contributed by atoms with Crippen LogP contribution in [0.3, 0.4) is 0 Å². The van der Waals surface area contributed by atoms with Gasteiger partial charge in [-0.3, -0.25) is 4.90 Å². The van der Waals surface area contributed by atoms with Crippen LogP contribution in [0.25, 0.3) is 0 Å². The van der Waals surface area contributed by atoms with Gasteiger partial charge >= 0.3 is 0 Å². The molecule has 0 aromatic heterocycles. The molecule has 2 rings (SSSR count). The van der Waals surface area contributed by atoms with E-state index in [1.54, 1.807) is 0 Å². The van der Waals surface area contributed by atoms with E-state index in [9.17, 15) is 4.39 Å². The Kier molecular flexibility index (Phi) is 4.76. The van der Waals surface area contributed by atoms with Crippen molar-refractivity contribution in [2.45, 2.75) is 39.7 Å². The first-order chi connectivity index (χ1) is 9.49. The van der Waals surface area contributed by atoms with E-state index in [4.69, 9.17) is 18.0 Å². The molecule has 0 atom stereocenters. The smallest absolute Gasteiger partial charge is 0.128 e. The van der Waals surface area contributed by atoms with Gasteiger partial charge in [-0.2, -0.15) is 0 Å². The zero-order chi connectivity index (χ0) is 14.8. The summed E-state index contributed by atoms with van der Waals surface area (Å²) in [5, 5.41) is 0. The summed E-state index contributed by atoms with van der Waals surface area (Å²) in [6.45, 7) is 7.30. The van der Waals surface area contributed by atoms with Crippen LogP contribution in [-0.4, -0.2) is 23.0 Å². The van der Waals surface area contributed by atoms with E-state index in [0.717, 1.165) is 18.7 Å². The Labute approximate surface area is 126 Å². The van der Waals surface area contributed by atoms with Gasteiger partial charge in [0.15, 0.2) is 0 Å². The highest BCUT2D eigenvalue weighted by Gasteiger charge is 2.34. The van der Waals surface area contributed by atoms with Crippen molar-refractivity contribution in [2.75, 3.05) is 13.1 Å². The molecule has 1 aromatic rings. The Bertz CT molecular complexity index is 497. The van der Waals surface area contributed by atoms with Crippen LogP contribution in [0.2, 0.25) is 0 Å². The maximum atomic E-state index is 14.1. The topological polar surface area (TPSA) is 29.3 Å². The lowest BCUT2D eigenvalue weighted by Crippen LogP contribution is -2.26. The molecular formula is C16H23FN2S. The third-order valence-electron chi connectivity index (χ3n) is 4.75. The first-order valence-corrected chi connectivity index (χ1v) is 7.71. The Morgan fingerprint density at radius 3 is 2.60 bits per heavy atom. The van der Waals surface area contributed by atoms with Crippen molar-refractivity contribution in [2.24, 2.45) is 11.1 Å². The van der Waals surface area contributed by atoms with E-state index in [0.29, 0.717) is 17.5 Å². The van der Waals surface area contributed by atoms with Gasteiger partial charge in [0.05, 0.1) is 0 Å². The number of benzene rings is 1. The molecule has 1 heterocycles. The number of hydrogen-bond donors (Lipinski definition) is 1. The normalized spacial score (nSPS) is 18.4. The third-order valence-corrected chi connectivity index (χ3v) is 4.98. The molecule has 0 bridgehead atoms. The van der Waals surface area contributed by atoms with E-state index in [2.05, 4.69) is 18.7 Å². The molecule has 0 aliphatic carbocycles. The predicted molar refractivity (Wildman–Crippen MR) is 85.2 cm³/mol. The SMILES string of the molecule is CCC1(CC)CCN(Cc2ccc(C(N)=S)cc2F)C1. The number of hydrogen-bond acceptors (Lipinski definition) is 2. The highest BCUT2D eigenvalue weighted by atomic mass is 32.1. The van der Waals surface area contributed by atoms with Crippen molar-refractivity contribution in [3.63, 3.8) is 0 Å². The summed E-state index contributed by atoms with van der Waals surface area (Å²) in [5.74, 6) is -0.208. The van der Waals surface area contributed by atoms with Gasteiger partial charge in [0, 0.05) is 24.2 Å². The van der Waals surface area contributed by atoms with Gasteiger partial charge in [0.1, 0.15) is 10.8 Å². The summed E-state index contributed by atoms with van der Waals surface area (Å²) in [4.78, 5) is 2.60. The van der Waals surface area contributed by atoms with Crippen LogP contribution in [0.1, 0.15) is 44.2 Å². The van der Waals surface area contributed by atoms with E-state index in [1.807, 2.05) is 12.1 Å². The van der Waals surface area contributed by atoms with Crippen LogP contribution in [0.4, 0.5) is 4.39 Å². The molecule has 20 heavy (non-hydrogen) atoms. The summed E-state index contributed by atoms with van der Waals surface area (Å²) in [5.41, 5.74) is 7.27. The number of thiocarbonyl (C=S) groups is 1. The first kappa shape index (κ1) is 15.4. The molecular weight excluding hydrogens is 271 g/mol. The highest BCUT2D eigenvalue weighted by Crippen LogP contribution is 2.37. The molecule has 0 radical (unpaired) electrons. The minimum Gasteiger partial charge on any atom is -0.389 e. The Morgan fingerprint density at radius 2 is 2.10 bits per heavy atom. The lowest BCUT2D eigenvalue weighted by Gasteiger charge is -2.26. The van der Waals surface area contributed by atoms with Crippen molar-refractivity contribution in [3.05, 3.63) is 35.1 Å². The highest BCUT2D eigenvalue weighted by molar-refractivity contribution is 7.80. The Hall–Kier alpha value is -1.00. The van der Waals surface area contributed by atoms with Crippen molar-refractivity contribution in [1.29, 1.82) is 0 Å². The van der Waals surface area contributed by atoms with E-state index >= 15 is 0 Å². The van der Waals surface area contributed by atoms with Gasteiger partial charge in [-0.05, 0) is 37.3 Å². The van der Waals surface area contributed by atoms with Crippen LogP contribution in [0, 0.1) is 11.2 Å². The second kappa shape index (κ2) is 6.19. The average molecular weight is 294 g/mol. The van der Waals surface area contributed by atoms with Gasteiger partial charge in [-0.15, -0.1) is 0 Å². The molecule has 2 nitrogen and oxygen atoms in total. The van der Waals surface area contributed by atoms with E-state index in [1.165, 1.54) is 25.3 Å². The van der Waals surface area contributed by atoms with Gasteiger partial charge in [0.25, 0.3) is 0 Å². The molecule has 0 saturated carbocycles. The molecule has 1 saturated heterocycles. The van der Waals surface area contributed by atoms with Crippen molar-refractivity contribution in [3.8, 4) is 0 Å². The van der Waals surface area contributed by atoms with Crippen LogP contribution in [-0.2, 0) is 6.54 Å². The van der Waals surface area contributed by atoms with Crippen LogP contribution in [0.15, 0.2) is 18.2 Å². The van der Waals surface area contributed by atoms with Gasteiger partial charge < -0.3 is 5.73 Å². The van der Waals surface area contributed by atoms with Crippen LogP contribution >= 0.6 is 12.2 Å². The quantitative estimate of drug-likeness (QED) is 0.843. The Morgan fingerprint density at radius 1 is 1.40 bits per heavy atom. The number of likely N-dealkylation sites (tertiary alicyclic amines) is 1. The lowest BCUT2D eigenvalue weighted by molar-refractivity contribution is 0.234. The molecule has 1 fully saturated rings. The number of nitrogens with zero attached hydrogens (tertiary/aromatic N) is 1. The van der Waals surface area contributed by atoms with Crippen LogP contribution < -0.4 is 5.73 Å². The van der Waals surface area contributed by atoms with Crippen LogP contribution in [0.5, 0.6) is 0 Å². The fraction of sp³-hybridized carbons (Fsp3) is 0.562. The van der Waals surface area contributed by atoms with Gasteiger partial charge in [0.2, 0.25) is 0 Å². The summed E-state index contributed by atoms with van der Waals surface area (Å²) < 4.78 is 14.1. The van der Waals surface area contributed by atoms with E-state index < -0.39 is 0 Å². The summed E-state index contributed by atoms with van der Waals surface area (Å²) >= 11 is 4.87. The maximum absolute atomic E-state index is 14.1. The fourth-order valence-electron chi connectivity index (χ4n) is 3.06. The minimum atomic E-state index is -0.208. The van der Waals surface area contributed by atoms with Crippen molar-refractivity contribution >= 4 is 17.2 Å². The summed E-state index contributed by atoms with van der Waals surface area (Å²) in [6, 6.07) is 5.06. The standard InChI is InChI=1S/C16H23FN2S/c1-3-16(4-2)7-8-19(11-16)10-13-6-5-12(15(18)20)9-14(13)17/h5-6,9H,3-4,7-8,10-11H2,1-2H3,(H2,18,20). The van der Waals surface area contributed by atoms with E-state index in [-0.39, 0.29) is 10.8 Å². The summed E-state index contributed by atoms with van der Waals surface area (Å²) in [6.07, 6.45) is 3.61. The second-order valence-electron chi connectivity index (χ2n) is 5.84. The molecule has 1 aromatic carbocycles. The Balaban J connectivity index is 2.06. The third kappa shape index (κ3) is 3.18. The molecule has 2 N–H and O–H groups in total. The largest absolute Gasteiger partial charge is 0.389 e. The molecule has 0 unspecified atom stereocenters. The first-order valence-electron chi connectivity index (χ1n) is 7.30. The zero-order valence-electron chi connectivity index (χ0n) is 12.3. The maximum Gasteiger partial charge on any atom is 0.128 e. The number of nitrogens with two attached hydrogens (primary N) is 1. The fourth-order valence-corrected chi connectivity index (χ4v) is 3.19. The van der Waals surface area contributed by atoms with Gasteiger partial charge in [-0.25, -0.2) is 4.39 Å². The zero-order valence-corrected chi connectivity index (χ0v) is 13.1. The molecule has 0 spiro atoms. The lowest BCUT2D eigenvalue weighted by atomic mass is 9.82. The number of rotatable bonds is 5. The van der Waals surface area contributed by atoms with Gasteiger partial charge in [-0.1, -0.05) is 38.2 Å².